The number of carbonyl (C=O) groups excluding carboxylic acids is 1. The highest BCUT2D eigenvalue weighted by Gasteiger charge is 2.32. The van der Waals surface area contributed by atoms with E-state index in [1.165, 1.54) is 0 Å². The van der Waals surface area contributed by atoms with Crippen molar-refractivity contribution in [1.29, 1.82) is 0 Å². The van der Waals surface area contributed by atoms with Crippen LogP contribution in [0.25, 0.3) is 0 Å². The van der Waals surface area contributed by atoms with Crippen molar-refractivity contribution in [3.05, 3.63) is 40.9 Å². The molecule has 0 fully saturated rings. The largest absolute Gasteiger partial charge is 0.384 e. The van der Waals surface area contributed by atoms with Crippen molar-refractivity contribution in [2.45, 2.75) is 71.2 Å². The van der Waals surface area contributed by atoms with Gasteiger partial charge in [0.25, 0.3) is 0 Å². The van der Waals surface area contributed by atoms with E-state index in [2.05, 4.69) is 41.9 Å². The summed E-state index contributed by atoms with van der Waals surface area (Å²) in [5, 5.41) is 10.9. The van der Waals surface area contributed by atoms with Crippen LogP contribution in [0, 0.1) is 6.92 Å². The van der Waals surface area contributed by atoms with E-state index < -0.39 is 0 Å². The van der Waals surface area contributed by atoms with Crippen molar-refractivity contribution in [3.8, 4) is 0 Å². The number of rotatable bonds is 10. The Morgan fingerprint density at radius 3 is 2.68 bits per heavy atom. The van der Waals surface area contributed by atoms with Gasteiger partial charge < -0.3 is 20.7 Å². The minimum Gasteiger partial charge on any atom is -0.384 e. The highest BCUT2D eigenvalue weighted by Crippen LogP contribution is 2.21. The Hall–Kier alpha value is -1.56. The van der Waals surface area contributed by atoms with Gasteiger partial charge in [-0.2, -0.15) is 0 Å². The Morgan fingerprint density at radius 1 is 1.29 bits per heavy atom. The standard InChI is InChI=1S/C22H34ClN3O2/c1-5-18(6-2)28-21-9-7-8-20(22(21)26-16(4)27)25-13-12-24-19-11-10-17(23)14-15(19)3/h7,9-11,14,18,20-22,24-25H,5-6,8,12-13H2,1-4H3,(H,26,27)/t20-,21+,22+/m0/s1. The number of halogens is 1. The Balaban J connectivity index is 1.92. The van der Waals surface area contributed by atoms with Crippen LogP contribution in [-0.4, -0.2) is 43.3 Å². The molecule has 1 aromatic carbocycles. The van der Waals surface area contributed by atoms with Crippen LogP contribution in [0.5, 0.6) is 0 Å². The second-order valence-corrected chi connectivity index (χ2v) is 7.81. The third-order valence-electron chi connectivity index (χ3n) is 5.17. The number of hydrogen-bond acceptors (Lipinski definition) is 4. The number of hydrogen-bond donors (Lipinski definition) is 3. The molecule has 28 heavy (non-hydrogen) atoms. The van der Waals surface area contributed by atoms with Crippen molar-refractivity contribution >= 4 is 23.2 Å². The highest BCUT2D eigenvalue weighted by atomic mass is 35.5. The molecule has 0 saturated heterocycles. The number of amides is 1. The van der Waals surface area contributed by atoms with Gasteiger partial charge in [0.15, 0.2) is 0 Å². The predicted octanol–water partition coefficient (Wildman–Crippen LogP) is 4.06. The molecule has 1 amide bonds. The lowest BCUT2D eigenvalue weighted by Crippen LogP contribution is -2.58. The fourth-order valence-corrected chi connectivity index (χ4v) is 3.82. The lowest BCUT2D eigenvalue weighted by atomic mass is 9.92. The SMILES string of the molecule is CCC(CC)O[C@@H]1C=CC[C@H](NCCNc2ccc(Cl)cc2C)[C@H]1NC(C)=O. The summed E-state index contributed by atoms with van der Waals surface area (Å²) in [6.07, 6.45) is 7.15. The summed E-state index contributed by atoms with van der Waals surface area (Å²) < 4.78 is 6.27. The van der Waals surface area contributed by atoms with Gasteiger partial charge in [0.2, 0.25) is 5.91 Å². The molecule has 5 nitrogen and oxygen atoms in total. The van der Waals surface area contributed by atoms with Crippen molar-refractivity contribution in [3.63, 3.8) is 0 Å². The lowest BCUT2D eigenvalue weighted by Gasteiger charge is -2.37. The zero-order valence-corrected chi connectivity index (χ0v) is 18.2. The molecule has 1 aromatic rings. The lowest BCUT2D eigenvalue weighted by molar-refractivity contribution is -0.121. The maximum Gasteiger partial charge on any atom is 0.217 e. The summed E-state index contributed by atoms with van der Waals surface area (Å²) in [6, 6.07) is 5.92. The minimum absolute atomic E-state index is 0.0276. The molecule has 0 heterocycles. The van der Waals surface area contributed by atoms with Gasteiger partial charge in [0.1, 0.15) is 0 Å². The summed E-state index contributed by atoms with van der Waals surface area (Å²) in [5.41, 5.74) is 2.21. The van der Waals surface area contributed by atoms with Gasteiger partial charge in [-0.15, -0.1) is 0 Å². The summed E-state index contributed by atoms with van der Waals surface area (Å²) >= 11 is 6.01. The molecule has 0 bridgehead atoms. The van der Waals surface area contributed by atoms with Crippen LogP contribution in [0.1, 0.15) is 45.6 Å². The quantitative estimate of drug-likeness (QED) is 0.404. The van der Waals surface area contributed by atoms with Crippen molar-refractivity contribution < 1.29 is 9.53 Å². The van der Waals surface area contributed by atoms with E-state index in [0.29, 0.717) is 0 Å². The average molecular weight is 408 g/mol. The fraction of sp³-hybridized carbons (Fsp3) is 0.591. The molecular weight excluding hydrogens is 374 g/mol. The minimum atomic E-state index is -0.105. The topological polar surface area (TPSA) is 62.4 Å². The summed E-state index contributed by atoms with van der Waals surface area (Å²) in [5.74, 6) is -0.0276. The summed E-state index contributed by atoms with van der Waals surface area (Å²) in [7, 11) is 0. The second-order valence-electron chi connectivity index (χ2n) is 7.38. The first-order chi connectivity index (χ1) is 13.4. The van der Waals surface area contributed by atoms with Crippen LogP contribution < -0.4 is 16.0 Å². The highest BCUT2D eigenvalue weighted by molar-refractivity contribution is 6.30. The number of ether oxygens (including phenoxy) is 1. The molecule has 0 radical (unpaired) electrons. The van der Waals surface area contributed by atoms with E-state index in [9.17, 15) is 4.79 Å². The number of aryl methyl sites for hydroxylation is 1. The van der Waals surface area contributed by atoms with Gasteiger partial charge in [0.05, 0.1) is 18.2 Å². The first-order valence-electron chi connectivity index (χ1n) is 10.3. The maximum absolute atomic E-state index is 11.8. The molecule has 0 unspecified atom stereocenters. The van der Waals surface area contributed by atoms with Gasteiger partial charge in [-0.3, -0.25) is 4.79 Å². The molecule has 0 spiro atoms. The Bertz CT molecular complexity index is 661. The van der Waals surface area contributed by atoms with E-state index in [4.69, 9.17) is 16.3 Å². The van der Waals surface area contributed by atoms with Gasteiger partial charge in [-0.05, 0) is 49.9 Å². The van der Waals surface area contributed by atoms with Gasteiger partial charge >= 0.3 is 0 Å². The van der Waals surface area contributed by atoms with Crippen LogP contribution in [0.4, 0.5) is 5.69 Å². The molecular formula is C22H34ClN3O2. The van der Waals surface area contributed by atoms with Crippen LogP contribution >= 0.6 is 11.6 Å². The number of anilines is 1. The predicted molar refractivity (Wildman–Crippen MR) is 117 cm³/mol. The average Bonchev–Trinajstić information content (AvgIpc) is 2.66. The number of nitrogens with one attached hydrogen (secondary N) is 3. The number of benzene rings is 1. The Morgan fingerprint density at radius 2 is 2.04 bits per heavy atom. The molecule has 3 atom stereocenters. The van der Waals surface area contributed by atoms with Crippen LogP contribution in [-0.2, 0) is 9.53 Å². The molecule has 1 aliphatic carbocycles. The van der Waals surface area contributed by atoms with Crippen LogP contribution in [0.3, 0.4) is 0 Å². The first kappa shape index (κ1) is 22.7. The van der Waals surface area contributed by atoms with Crippen molar-refractivity contribution in [1.82, 2.24) is 10.6 Å². The smallest absolute Gasteiger partial charge is 0.217 e. The van der Waals surface area contributed by atoms with E-state index in [-0.39, 0.29) is 30.2 Å². The van der Waals surface area contributed by atoms with Gasteiger partial charge in [-0.1, -0.05) is 37.6 Å². The van der Waals surface area contributed by atoms with E-state index in [0.717, 1.165) is 48.6 Å². The zero-order chi connectivity index (χ0) is 20.5. The third-order valence-corrected chi connectivity index (χ3v) is 5.40. The van der Waals surface area contributed by atoms with Crippen LogP contribution in [0.15, 0.2) is 30.4 Å². The molecule has 0 aromatic heterocycles. The summed E-state index contributed by atoms with van der Waals surface area (Å²) in [6.45, 7) is 9.44. The zero-order valence-electron chi connectivity index (χ0n) is 17.4. The Kier molecular flexibility index (Phi) is 9.29. The third kappa shape index (κ3) is 6.80. The fourth-order valence-electron chi connectivity index (χ4n) is 3.60. The summed E-state index contributed by atoms with van der Waals surface area (Å²) in [4.78, 5) is 11.8. The van der Waals surface area contributed by atoms with E-state index in [1.807, 2.05) is 25.1 Å². The normalized spacial score (nSPS) is 21.7. The second kappa shape index (κ2) is 11.4. The molecule has 0 saturated carbocycles. The van der Waals surface area contributed by atoms with Crippen molar-refractivity contribution in [2.24, 2.45) is 0 Å². The maximum atomic E-state index is 11.8. The molecule has 0 aliphatic heterocycles. The monoisotopic (exact) mass is 407 g/mol. The first-order valence-corrected chi connectivity index (χ1v) is 10.6. The molecule has 3 N–H and O–H groups in total. The molecule has 2 rings (SSSR count). The molecule has 6 heteroatoms. The number of carbonyl (C=O) groups is 1. The van der Waals surface area contributed by atoms with Gasteiger partial charge in [-0.25, -0.2) is 0 Å². The van der Waals surface area contributed by atoms with Crippen molar-refractivity contribution in [2.75, 3.05) is 18.4 Å². The van der Waals surface area contributed by atoms with E-state index in [1.54, 1.807) is 6.92 Å². The van der Waals surface area contributed by atoms with Gasteiger partial charge in [0, 0.05) is 36.8 Å². The van der Waals surface area contributed by atoms with Crippen LogP contribution in [0.2, 0.25) is 5.02 Å². The molecule has 156 valence electrons. The Labute approximate surface area is 174 Å². The molecule has 1 aliphatic rings. The van der Waals surface area contributed by atoms with E-state index >= 15 is 0 Å².